The summed E-state index contributed by atoms with van der Waals surface area (Å²) in [6, 6.07) is 7.13. The van der Waals surface area contributed by atoms with E-state index in [4.69, 9.17) is 0 Å². The van der Waals surface area contributed by atoms with Crippen LogP contribution >= 0.6 is 0 Å². The average molecular weight is 247 g/mol. The van der Waals surface area contributed by atoms with E-state index in [2.05, 4.69) is 16.0 Å². The zero-order chi connectivity index (χ0) is 13.1. The molecule has 0 saturated heterocycles. The summed E-state index contributed by atoms with van der Waals surface area (Å²) in [5, 5.41) is 8.52. The molecular weight excluding hydrogens is 230 g/mol. The summed E-state index contributed by atoms with van der Waals surface area (Å²) in [5.41, 5.74) is 1.70. The maximum Gasteiger partial charge on any atom is 0.246 e. The van der Waals surface area contributed by atoms with Gasteiger partial charge in [-0.3, -0.25) is 14.9 Å². The van der Waals surface area contributed by atoms with Gasteiger partial charge in [-0.25, -0.2) is 0 Å². The smallest absolute Gasteiger partial charge is 0.246 e. The number of nitrogens with one attached hydrogen (secondary N) is 3. The van der Waals surface area contributed by atoms with Crippen LogP contribution in [0.5, 0.6) is 0 Å². The topological polar surface area (TPSA) is 70.2 Å². The summed E-state index contributed by atoms with van der Waals surface area (Å²) in [6.45, 7) is 3.93. The number of carbonyl (C=O) groups excluding carboxylic acids is 2. The van der Waals surface area contributed by atoms with Gasteiger partial charge in [-0.15, -0.1) is 0 Å². The predicted octanol–water partition coefficient (Wildman–Crippen LogP) is 0.794. The molecule has 0 aromatic heterocycles. The van der Waals surface area contributed by atoms with Crippen LogP contribution in [0.25, 0.3) is 0 Å². The molecule has 5 nitrogen and oxygen atoms in total. The minimum Gasteiger partial charge on any atom is -0.353 e. The Morgan fingerprint density at radius 3 is 2.83 bits per heavy atom. The molecule has 0 fully saturated rings. The van der Waals surface area contributed by atoms with Gasteiger partial charge in [0.2, 0.25) is 11.8 Å². The van der Waals surface area contributed by atoms with Crippen LogP contribution in [0.1, 0.15) is 25.5 Å². The molecule has 2 rings (SSSR count). The minimum atomic E-state index is -0.445. The Balaban J connectivity index is 1.98. The van der Waals surface area contributed by atoms with E-state index in [1.807, 2.05) is 38.1 Å². The highest BCUT2D eigenvalue weighted by Gasteiger charge is 2.29. The lowest BCUT2D eigenvalue weighted by Crippen LogP contribution is -2.40. The number of amides is 2. The lowest BCUT2D eigenvalue weighted by molar-refractivity contribution is -0.121. The molecule has 0 spiro atoms. The minimum absolute atomic E-state index is 0.101. The highest BCUT2D eigenvalue weighted by Crippen LogP contribution is 2.29. The Morgan fingerprint density at radius 1 is 1.39 bits per heavy atom. The van der Waals surface area contributed by atoms with Crippen LogP contribution in [0, 0.1) is 0 Å². The van der Waals surface area contributed by atoms with Crippen LogP contribution in [-0.4, -0.2) is 24.4 Å². The third-order valence-electron chi connectivity index (χ3n) is 2.71. The van der Waals surface area contributed by atoms with E-state index in [0.717, 1.165) is 11.3 Å². The van der Waals surface area contributed by atoms with Crippen molar-refractivity contribution in [1.82, 2.24) is 10.6 Å². The third-order valence-corrected chi connectivity index (χ3v) is 2.71. The summed E-state index contributed by atoms with van der Waals surface area (Å²) < 4.78 is 0. The number of hydrogen-bond donors (Lipinski definition) is 3. The van der Waals surface area contributed by atoms with Gasteiger partial charge >= 0.3 is 0 Å². The van der Waals surface area contributed by atoms with Crippen molar-refractivity contribution in [2.24, 2.45) is 0 Å². The number of hydrogen-bond acceptors (Lipinski definition) is 3. The average Bonchev–Trinajstić information content (AvgIpc) is 2.61. The largest absolute Gasteiger partial charge is 0.353 e. The van der Waals surface area contributed by atoms with E-state index in [1.165, 1.54) is 0 Å². The van der Waals surface area contributed by atoms with Crippen molar-refractivity contribution in [3.8, 4) is 0 Å². The van der Waals surface area contributed by atoms with Gasteiger partial charge < -0.3 is 10.6 Å². The van der Waals surface area contributed by atoms with Crippen molar-refractivity contribution >= 4 is 17.5 Å². The highest BCUT2D eigenvalue weighted by atomic mass is 16.2. The molecule has 0 radical (unpaired) electrons. The fraction of sp³-hybridized carbons (Fsp3) is 0.385. The molecule has 1 aromatic rings. The van der Waals surface area contributed by atoms with E-state index in [0.29, 0.717) is 0 Å². The second-order valence-corrected chi connectivity index (χ2v) is 4.61. The maximum atomic E-state index is 11.8. The molecule has 5 heteroatoms. The summed E-state index contributed by atoms with van der Waals surface area (Å²) in [5.74, 6) is -0.226. The van der Waals surface area contributed by atoms with Crippen molar-refractivity contribution in [3.63, 3.8) is 0 Å². The van der Waals surface area contributed by atoms with Gasteiger partial charge in [0.15, 0.2) is 0 Å². The van der Waals surface area contributed by atoms with Crippen molar-refractivity contribution in [2.45, 2.75) is 25.9 Å². The van der Waals surface area contributed by atoms with Gasteiger partial charge in [-0.1, -0.05) is 18.2 Å². The number of benzene rings is 1. The van der Waals surface area contributed by atoms with E-state index in [1.54, 1.807) is 0 Å². The van der Waals surface area contributed by atoms with E-state index in [9.17, 15) is 9.59 Å². The zero-order valence-electron chi connectivity index (χ0n) is 10.5. The molecule has 0 bridgehead atoms. The van der Waals surface area contributed by atoms with Gasteiger partial charge in [-0.2, -0.15) is 0 Å². The monoisotopic (exact) mass is 247 g/mol. The molecular formula is C13H17N3O2. The Morgan fingerprint density at radius 2 is 2.11 bits per heavy atom. The molecule has 3 N–H and O–H groups in total. The third kappa shape index (κ3) is 2.68. The Labute approximate surface area is 106 Å². The van der Waals surface area contributed by atoms with Crippen molar-refractivity contribution in [2.75, 3.05) is 11.9 Å². The second kappa shape index (κ2) is 5.18. The van der Waals surface area contributed by atoms with Crippen LogP contribution in [0.4, 0.5) is 5.69 Å². The van der Waals surface area contributed by atoms with Gasteiger partial charge in [-0.05, 0) is 19.9 Å². The van der Waals surface area contributed by atoms with Crippen LogP contribution < -0.4 is 16.0 Å². The standard InChI is InChI=1S/C13H17N3O2/c1-8(2)15-11(17)7-14-12-9-5-3-4-6-10(9)16-13(12)18/h3-6,8,12,14H,7H2,1-2H3,(H,15,17)(H,16,18). The summed E-state index contributed by atoms with van der Waals surface area (Å²) >= 11 is 0. The van der Waals surface area contributed by atoms with Crippen LogP contribution in [0.2, 0.25) is 0 Å². The number of rotatable bonds is 4. The van der Waals surface area contributed by atoms with E-state index >= 15 is 0 Å². The lowest BCUT2D eigenvalue weighted by Gasteiger charge is -2.13. The van der Waals surface area contributed by atoms with Crippen LogP contribution in [0.15, 0.2) is 24.3 Å². The second-order valence-electron chi connectivity index (χ2n) is 4.61. The van der Waals surface area contributed by atoms with Crippen molar-refractivity contribution in [1.29, 1.82) is 0 Å². The van der Waals surface area contributed by atoms with Crippen molar-refractivity contribution in [3.05, 3.63) is 29.8 Å². The summed E-state index contributed by atoms with van der Waals surface area (Å²) in [6.07, 6.45) is 0. The Bertz CT molecular complexity index is 471. The van der Waals surface area contributed by atoms with E-state index in [-0.39, 0.29) is 24.4 Å². The molecule has 1 heterocycles. The molecule has 0 saturated carbocycles. The zero-order valence-corrected chi connectivity index (χ0v) is 10.5. The van der Waals surface area contributed by atoms with Crippen LogP contribution in [0.3, 0.4) is 0 Å². The molecule has 0 aliphatic carbocycles. The first-order valence-corrected chi connectivity index (χ1v) is 6.00. The molecule has 2 amide bonds. The first-order valence-electron chi connectivity index (χ1n) is 6.00. The maximum absolute atomic E-state index is 11.8. The van der Waals surface area contributed by atoms with Crippen molar-refractivity contribution < 1.29 is 9.59 Å². The first-order chi connectivity index (χ1) is 8.58. The summed E-state index contributed by atoms with van der Waals surface area (Å²) in [7, 11) is 0. The van der Waals surface area contributed by atoms with Gasteiger partial charge in [0.1, 0.15) is 6.04 Å². The molecule has 1 aromatic carbocycles. The fourth-order valence-corrected chi connectivity index (χ4v) is 1.98. The van der Waals surface area contributed by atoms with Crippen LogP contribution in [-0.2, 0) is 9.59 Å². The number of carbonyl (C=O) groups is 2. The quantitative estimate of drug-likeness (QED) is 0.737. The molecule has 1 aliphatic heterocycles. The van der Waals surface area contributed by atoms with E-state index < -0.39 is 6.04 Å². The molecule has 1 unspecified atom stereocenters. The van der Waals surface area contributed by atoms with Gasteiger partial charge in [0, 0.05) is 17.3 Å². The van der Waals surface area contributed by atoms with Gasteiger partial charge in [0.05, 0.1) is 6.54 Å². The van der Waals surface area contributed by atoms with Gasteiger partial charge in [0.25, 0.3) is 0 Å². The first kappa shape index (κ1) is 12.6. The molecule has 1 atom stereocenters. The molecule has 1 aliphatic rings. The molecule has 18 heavy (non-hydrogen) atoms. The SMILES string of the molecule is CC(C)NC(=O)CNC1C(=O)Nc2ccccc21. The fourth-order valence-electron chi connectivity index (χ4n) is 1.98. The number of anilines is 1. The number of para-hydroxylation sites is 1. The highest BCUT2D eigenvalue weighted by molar-refractivity contribution is 6.02. The summed E-state index contributed by atoms with van der Waals surface area (Å²) in [4.78, 5) is 23.3. The Hall–Kier alpha value is -1.88. The number of fused-ring (bicyclic) bond motifs is 1. The normalized spacial score (nSPS) is 17.5. The molecule has 96 valence electrons. The Kier molecular flexibility index (Phi) is 3.62. The lowest BCUT2D eigenvalue weighted by atomic mass is 10.1. The predicted molar refractivity (Wildman–Crippen MR) is 69.1 cm³/mol.